The van der Waals surface area contributed by atoms with Crippen LogP contribution in [0.15, 0.2) is 48.5 Å². The third kappa shape index (κ3) is 4.83. The molecule has 2 rings (SSSR count). The average Bonchev–Trinajstić information content (AvgIpc) is 2.52. The van der Waals surface area contributed by atoms with Crippen molar-refractivity contribution in [3.05, 3.63) is 59.1 Å². The fourth-order valence-electron chi connectivity index (χ4n) is 2.07. The van der Waals surface area contributed by atoms with Crippen LogP contribution in [0, 0.1) is 0 Å². The van der Waals surface area contributed by atoms with Crippen LogP contribution in [-0.2, 0) is 4.79 Å². The zero-order valence-corrected chi connectivity index (χ0v) is 13.8. The molecule has 0 saturated heterocycles. The van der Waals surface area contributed by atoms with E-state index in [2.05, 4.69) is 5.32 Å². The first-order chi connectivity index (χ1) is 11.0. The van der Waals surface area contributed by atoms with Crippen molar-refractivity contribution in [2.75, 3.05) is 5.32 Å². The number of Topliss-reactive ketones (excluding diaryl/α,β-unsaturated/α-hetero) is 1. The van der Waals surface area contributed by atoms with Gasteiger partial charge in [0.05, 0.1) is 0 Å². The predicted molar refractivity (Wildman–Crippen MR) is 91.2 cm³/mol. The molecule has 0 aliphatic carbocycles. The molecule has 0 aromatic heterocycles. The number of nitrogens with one attached hydrogen (secondary N) is 1. The number of hydrogen-bond acceptors (Lipinski definition) is 3. The smallest absolute Gasteiger partial charge is 0.265 e. The van der Waals surface area contributed by atoms with Gasteiger partial charge < -0.3 is 10.1 Å². The van der Waals surface area contributed by atoms with Crippen LogP contribution in [0.1, 0.15) is 30.6 Å². The molecule has 120 valence electrons. The van der Waals surface area contributed by atoms with Gasteiger partial charge in [0, 0.05) is 16.3 Å². The number of amides is 1. The molecule has 2 aromatic rings. The zero-order chi connectivity index (χ0) is 16.8. The highest BCUT2D eigenvalue weighted by atomic mass is 35.5. The second-order valence-electron chi connectivity index (χ2n) is 5.10. The van der Waals surface area contributed by atoms with Gasteiger partial charge in [0.25, 0.3) is 5.91 Å². The summed E-state index contributed by atoms with van der Waals surface area (Å²) >= 11 is 5.92. The Kier molecular flexibility index (Phi) is 5.77. The van der Waals surface area contributed by atoms with Crippen LogP contribution < -0.4 is 10.1 Å². The van der Waals surface area contributed by atoms with Gasteiger partial charge in [-0.25, -0.2) is 0 Å². The van der Waals surface area contributed by atoms with Crippen LogP contribution >= 0.6 is 11.6 Å². The average molecular weight is 332 g/mol. The maximum atomic E-state index is 12.4. The van der Waals surface area contributed by atoms with E-state index in [9.17, 15) is 9.59 Å². The van der Waals surface area contributed by atoms with Crippen molar-refractivity contribution in [1.29, 1.82) is 0 Å². The monoisotopic (exact) mass is 331 g/mol. The SMILES string of the molecule is CC[C@@H](Oc1cccc(Cl)c1)C(=O)Nc1cccc(C(C)=O)c1. The van der Waals surface area contributed by atoms with Gasteiger partial charge in [0.2, 0.25) is 0 Å². The Morgan fingerprint density at radius 1 is 1.17 bits per heavy atom. The Balaban J connectivity index is 2.08. The summed E-state index contributed by atoms with van der Waals surface area (Å²) < 4.78 is 5.69. The zero-order valence-electron chi connectivity index (χ0n) is 13.0. The van der Waals surface area contributed by atoms with Crippen LogP contribution in [-0.4, -0.2) is 17.8 Å². The van der Waals surface area contributed by atoms with Crippen molar-refractivity contribution >= 4 is 29.0 Å². The van der Waals surface area contributed by atoms with Gasteiger partial charge in [-0.2, -0.15) is 0 Å². The molecule has 0 spiro atoms. The summed E-state index contributed by atoms with van der Waals surface area (Å²) in [5, 5.41) is 3.32. The summed E-state index contributed by atoms with van der Waals surface area (Å²) in [6.07, 6.45) is -0.139. The maximum absolute atomic E-state index is 12.4. The van der Waals surface area contributed by atoms with E-state index in [4.69, 9.17) is 16.3 Å². The third-order valence-corrected chi connectivity index (χ3v) is 3.51. The van der Waals surface area contributed by atoms with Crippen LogP contribution in [0.5, 0.6) is 5.75 Å². The molecule has 0 bridgehead atoms. The maximum Gasteiger partial charge on any atom is 0.265 e. The van der Waals surface area contributed by atoms with E-state index in [1.807, 2.05) is 6.92 Å². The van der Waals surface area contributed by atoms with Gasteiger partial charge in [-0.05, 0) is 43.7 Å². The van der Waals surface area contributed by atoms with E-state index >= 15 is 0 Å². The van der Waals surface area contributed by atoms with Crippen molar-refractivity contribution < 1.29 is 14.3 Å². The number of anilines is 1. The van der Waals surface area contributed by atoms with Crippen LogP contribution in [0.4, 0.5) is 5.69 Å². The topological polar surface area (TPSA) is 55.4 Å². The quantitative estimate of drug-likeness (QED) is 0.801. The first-order valence-corrected chi connectivity index (χ1v) is 7.71. The number of hydrogen-bond donors (Lipinski definition) is 1. The summed E-state index contributed by atoms with van der Waals surface area (Å²) in [6.45, 7) is 3.35. The minimum Gasteiger partial charge on any atom is -0.481 e. The summed E-state index contributed by atoms with van der Waals surface area (Å²) in [4.78, 5) is 23.8. The van der Waals surface area contributed by atoms with E-state index in [1.165, 1.54) is 6.92 Å². The van der Waals surface area contributed by atoms with Crippen LogP contribution in [0.2, 0.25) is 5.02 Å². The van der Waals surface area contributed by atoms with Crippen molar-refractivity contribution in [3.63, 3.8) is 0 Å². The molecule has 0 aliphatic rings. The molecule has 0 unspecified atom stereocenters. The lowest BCUT2D eigenvalue weighted by atomic mass is 10.1. The molecular formula is C18H18ClNO3. The largest absolute Gasteiger partial charge is 0.481 e. The number of carbonyl (C=O) groups excluding carboxylic acids is 2. The van der Waals surface area contributed by atoms with E-state index in [1.54, 1.807) is 48.5 Å². The molecule has 0 radical (unpaired) electrons. The van der Waals surface area contributed by atoms with Gasteiger partial charge in [-0.3, -0.25) is 9.59 Å². The van der Waals surface area contributed by atoms with Crippen molar-refractivity contribution in [2.24, 2.45) is 0 Å². The molecule has 23 heavy (non-hydrogen) atoms. The van der Waals surface area contributed by atoms with Crippen molar-refractivity contribution in [1.82, 2.24) is 0 Å². The number of benzene rings is 2. The highest BCUT2D eigenvalue weighted by Crippen LogP contribution is 2.20. The van der Waals surface area contributed by atoms with Crippen LogP contribution in [0.25, 0.3) is 0 Å². The molecule has 0 heterocycles. The van der Waals surface area contributed by atoms with Crippen molar-refractivity contribution in [2.45, 2.75) is 26.4 Å². The van der Waals surface area contributed by atoms with Gasteiger partial charge >= 0.3 is 0 Å². The van der Waals surface area contributed by atoms with E-state index in [0.29, 0.717) is 28.4 Å². The summed E-state index contributed by atoms with van der Waals surface area (Å²) in [5.74, 6) is 0.216. The first kappa shape index (κ1) is 17.0. The van der Waals surface area contributed by atoms with Crippen LogP contribution in [0.3, 0.4) is 0 Å². The van der Waals surface area contributed by atoms with E-state index < -0.39 is 6.10 Å². The Labute approximate surface area is 140 Å². The molecule has 2 aromatic carbocycles. The molecule has 5 heteroatoms. The molecule has 1 amide bonds. The fourth-order valence-corrected chi connectivity index (χ4v) is 2.25. The number of carbonyl (C=O) groups is 2. The lowest BCUT2D eigenvalue weighted by molar-refractivity contribution is -0.122. The highest BCUT2D eigenvalue weighted by Gasteiger charge is 2.19. The summed E-state index contributed by atoms with van der Waals surface area (Å²) in [7, 11) is 0. The number of ether oxygens (including phenoxy) is 1. The van der Waals surface area contributed by atoms with Gasteiger partial charge in [0.15, 0.2) is 11.9 Å². The first-order valence-electron chi connectivity index (χ1n) is 7.33. The Bertz CT molecular complexity index is 715. The van der Waals surface area contributed by atoms with Crippen molar-refractivity contribution in [3.8, 4) is 5.75 Å². The third-order valence-electron chi connectivity index (χ3n) is 3.27. The van der Waals surface area contributed by atoms with E-state index in [-0.39, 0.29) is 11.7 Å². The number of ketones is 1. The minimum absolute atomic E-state index is 0.0525. The molecule has 0 fully saturated rings. The lowest BCUT2D eigenvalue weighted by Crippen LogP contribution is -2.32. The van der Waals surface area contributed by atoms with Gasteiger partial charge in [0.1, 0.15) is 5.75 Å². The number of rotatable bonds is 6. The Hall–Kier alpha value is -2.33. The van der Waals surface area contributed by atoms with Gasteiger partial charge in [-0.15, -0.1) is 0 Å². The molecule has 4 nitrogen and oxygen atoms in total. The molecule has 0 saturated carbocycles. The minimum atomic E-state index is -0.644. The Morgan fingerprint density at radius 2 is 1.91 bits per heavy atom. The second kappa shape index (κ2) is 7.79. The normalized spacial score (nSPS) is 11.6. The fraction of sp³-hybridized carbons (Fsp3) is 0.222. The second-order valence-corrected chi connectivity index (χ2v) is 5.53. The Morgan fingerprint density at radius 3 is 2.57 bits per heavy atom. The molecule has 1 N–H and O–H groups in total. The van der Waals surface area contributed by atoms with Gasteiger partial charge in [-0.1, -0.05) is 36.7 Å². The highest BCUT2D eigenvalue weighted by molar-refractivity contribution is 6.30. The molecular weight excluding hydrogens is 314 g/mol. The summed E-state index contributed by atoms with van der Waals surface area (Å²) in [6, 6.07) is 13.7. The standard InChI is InChI=1S/C18H18ClNO3/c1-3-17(23-16-9-5-7-14(19)11-16)18(22)20-15-8-4-6-13(10-15)12(2)21/h4-11,17H,3H2,1-2H3,(H,20,22)/t17-/m1/s1. The lowest BCUT2D eigenvalue weighted by Gasteiger charge is -2.17. The molecule has 1 atom stereocenters. The molecule has 0 aliphatic heterocycles. The van der Waals surface area contributed by atoms with E-state index in [0.717, 1.165) is 0 Å². The predicted octanol–water partition coefficient (Wildman–Crippen LogP) is 4.34. The number of halogens is 1. The summed E-state index contributed by atoms with van der Waals surface area (Å²) in [5.41, 5.74) is 1.11.